The first kappa shape index (κ1) is 12.3. The standard InChI is InChI=1S/C11H15N5O3/c1-18-3-7-6(17)2-8(19-7)16-5-15-9-10(12)13-4-14-11(9)16/h4-8,17H,2-3H2,1H3,(H2,12,13,14)/t6?,7-,8-/m0/s1. The highest BCUT2D eigenvalue weighted by atomic mass is 16.6. The Morgan fingerprint density at radius 2 is 2.37 bits per heavy atom. The number of hydrogen-bond acceptors (Lipinski definition) is 7. The van der Waals surface area contributed by atoms with Gasteiger partial charge >= 0.3 is 0 Å². The summed E-state index contributed by atoms with van der Waals surface area (Å²) in [6.45, 7) is 0.349. The molecule has 1 saturated heterocycles. The second-order valence-corrected chi connectivity index (χ2v) is 4.47. The van der Waals surface area contributed by atoms with Gasteiger partial charge in [-0.15, -0.1) is 0 Å². The summed E-state index contributed by atoms with van der Waals surface area (Å²) in [5.41, 5.74) is 6.87. The molecule has 1 aliphatic heterocycles. The van der Waals surface area contributed by atoms with Crippen LogP contribution in [0.2, 0.25) is 0 Å². The van der Waals surface area contributed by atoms with E-state index in [4.69, 9.17) is 15.2 Å². The number of methoxy groups -OCH3 is 1. The van der Waals surface area contributed by atoms with Crippen LogP contribution >= 0.6 is 0 Å². The minimum atomic E-state index is -0.568. The Balaban J connectivity index is 1.91. The zero-order valence-electron chi connectivity index (χ0n) is 10.4. The van der Waals surface area contributed by atoms with Gasteiger partial charge < -0.3 is 20.3 Å². The van der Waals surface area contributed by atoms with Crippen LogP contribution < -0.4 is 5.73 Å². The van der Waals surface area contributed by atoms with Gasteiger partial charge in [-0.05, 0) is 0 Å². The Bertz CT molecular complexity index is 587. The van der Waals surface area contributed by atoms with Crippen molar-refractivity contribution in [2.75, 3.05) is 19.5 Å². The average molecular weight is 265 g/mol. The fraction of sp³-hybridized carbons (Fsp3) is 0.545. The van der Waals surface area contributed by atoms with Crippen molar-refractivity contribution >= 4 is 17.0 Å². The van der Waals surface area contributed by atoms with E-state index in [0.717, 1.165) is 0 Å². The molecule has 3 heterocycles. The second-order valence-electron chi connectivity index (χ2n) is 4.47. The van der Waals surface area contributed by atoms with E-state index in [0.29, 0.717) is 30.0 Å². The smallest absolute Gasteiger partial charge is 0.167 e. The van der Waals surface area contributed by atoms with Gasteiger partial charge in [0.15, 0.2) is 11.5 Å². The third-order valence-corrected chi connectivity index (χ3v) is 3.23. The topological polar surface area (TPSA) is 108 Å². The first-order valence-corrected chi connectivity index (χ1v) is 5.96. The van der Waals surface area contributed by atoms with Crippen LogP contribution in [0, 0.1) is 0 Å². The summed E-state index contributed by atoms with van der Waals surface area (Å²) in [6, 6.07) is 0. The van der Waals surface area contributed by atoms with E-state index in [1.165, 1.54) is 6.33 Å². The molecule has 1 unspecified atom stereocenters. The largest absolute Gasteiger partial charge is 0.390 e. The van der Waals surface area contributed by atoms with Crippen LogP contribution in [0.4, 0.5) is 5.82 Å². The molecule has 0 spiro atoms. The third kappa shape index (κ3) is 2.03. The maximum Gasteiger partial charge on any atom is 0.167 e. The molecule has 0 amide bonds. The molecule has 1 fully saturated rings. The fourth-order valence-corrected chi connectivity index (χ4v) is 2.28. The Morgan fingerprint density at radius 3 is 3.16 bits per heavy atom. The lowest BCUT2D eigenvalue weighted by Crippen LogP contribution is -2.25. The zero-order valence-corrected chi connectivity index (χ0v) is 10.4. The molecule has 1 aliphatic rings. The number of hydrogen-bond donors (Lipinski definition) is 2. The van der Waals surface area contributed by atoms with Gasteiger partial charge in [-0.3, -0.25) is 4.57 Å². The molecular weight excluding hydrogens is 250 g/mol. The number of rotatable bonds is 3. The first-order valence-electron chi connectivity index (χ1n) is 5.96. The summed E-state index contributed by atoms with van der Waals surface area (Å²) in [5, 5.41) is 9.92. The van der Waals surface area contributed by atoms with E-state index in [-0.39, 0.29) is 12.3 Å². The number of aliphatic hydroxyl groups excluding tert-OH is 1. The van der Waals surface area contributed by atoms with Crippen molar-refractivity contribution in [3.8, 4) is 0 Å². The van der Waals surface area contributed by atoms with E-state index in [9.17, 15) is 5.11 Å². The average Bonchev–Trinajstić information content (AvgIpc) is 2.95. The maximum atomic E-state index is 9.92. The van der Waals surface area contributed by atoms with E-state index < -0.39 is 6.10 Å². The van der Waals surface area contributed by atoms with Crippen LogP contribution in [0.15, 0.2) is 12.7 Å². The Morgan fingerprint density at radius 1 is 1.53 bits per heavy atom. The summed E-state index contributed by atoms with van der Waals surface area (Å²) in [6.07, 6.45) is 2.21. The highest BCUT2D eigenvalue weighted by Gasteiger charge is 2.35. The van der Waals surface area contributed by atoms with Crippen molar-refractivity contribution in [2.45, 2.75) is 24.9 Å². The normalized spacial score (nSPS) is 27.2. The lowest BCUT2D eigenvalue weighted by molar-refractivity contribution is -0.0523. The fourth-order valence-electron chi connectivity index (χ4n) is 2.28. The SMILES string of the molecule is COC[C@@H]1O[C@H](n2cnc3c(N)ncnc32)CC1O. The van der Waals surface area contributed by atoms with Gasteiger partial charge in [0.2, 0.25) is 0 Å². The van der Waals surface area contributed by atoms with E-state index in [1.807, 2.05) is 0 Å². The monoisotopic (exact) mass is 265 g/mol. The van der Waals surface area contributed by atoms with Crippen molar-refractivity contribution in [1.29, 1.82) is 0 Å². The van der Waals surface area contributed by atoms with Crippen molar-refractivity contribution < 1.29 is 14.6 Å². The van der Waals surface area contributed by atoms with Crippen LogP contribution in [-0.4, -0.2) is 50.6 Å². The van der Waals surface area contributed by atoms with E-state index in [1.54, 1.807) is 18.0 Å². The lowest BCUT2D eigenvalue weighted by atomic mass is 10.2. The number of aliphatic hydroxyl groups is 1. The number of nitrogen functional groups attached to an aromatic ring is 1. The van der Waals surface area contributed by atoms with Crippen molar-refractivity contribution in [2.24, 2.45) is 0 Å². The van der Waals surface area contributed by atoms with Gasteiger partial charge in [0.05, 0.1) is 19.0 Å². The molecule has 102 valence electrons. The van der Waals surface area contributed by atoms with Gasteiger partial charge in [0.25, 0.3) is 0 Å². The van der Waals surface area contributed by atoms with Gasteiger partial charge in [-0.1, -0.05) is 0 Å². The van der Waals surface area contributed by atoms with Crippen molar-refractivity contribution in [3.63, 3.8) is 0 Å². The summed E-state index contributed by atoms with van der Waals surface area (Å²) >= 11 is 0. The number of ether oxygens (including phenoxy) is 2. The Hall–Kier alpha value is -1.77. The van der Waals surface area contributed by atoms with Crippen LogP contribution in [-0.2, 0) is 9.47 Å². The van der Waals surface area contributed by atoms with Crippen LogP contribution in [0.3, 0.4) is 0 Å². The molecular formula is C11H15N5O3. The highest BCUT2D eigenvalue weighted by molar-refractivity contribution is 5.81. The predicted octanol–water partition coefficient (Wildman–Crippen LogP) is -0.297. The second kappa shape index (κ2) is 4.72. The number of anilines is 1. The molecule has 3 atom stereocenters. The van der Waals surface area contributed by atoms with Crippen LogP contribution in [0.5, 0.6) is 0 Å². The van der Waals surface area contributed by atoms with Gasteiger partial charge in [0.1, 0.15) is 24.2 Å². The Kier molecular flexibility index (Phi) is 3.05. The molecule has 2 aromatic rings. The van der Waals surface area contributed by atoms with E-state index >= 15 is 0 Å². The van der Waals surface area contributed by atoms with Crippen LogP contribution in [0.1, 0.15) is 12.6 Å². The molecule has 0 radical (unpaired) electrons. The maximum absolute atomic E-state index is 9.92. The lowest BCUT2D eigenvalue weighted by Gasteiger charge is -2.14. The minimum Gasteiger partial charge on any atom is -0.390 e. The molecule has 0 bridgehead atoms. The summed E-state index contributed by atoms with van der Waals surface area (Å²) < 4.78 is 12.5. The first-order chi connectivity index (χ1) is 9.20. The molecule has 3 N–H and O–H groups in total. The van der Waals surface area contributed by atoms with E-state index in [2.05, 4.69) is 15.0 Å². The quantitative estimate of drug-likeness (QED) is 0.784. The van der Waals surface area contributed by atoms with Crippen molar-refractivity contribution in [1.82, 2.24) is 19.5 Å². The molecule has 0 aliphatic carbocycles. The number of nitrogens with zero attached hydrogens (tertiary/aromatic N) is 4. The summed E-state index contributed by atoms with van der Waals surface area (Å²) in [4.78, 5) is 12.2. The molecule has 19 heavy (non-hydrogen) atoms. The predicted molar refractivity (Wildman–Crippen MR) is 66.1 cm³/mol. The molecule has 2 aromatic heterocycles. The third-order valence-electron chi connectivity index (χ3n) is 3.23. The number of imidazole rings is 1. The minimum absolute atomic E-state index is 0.325. The van der Waals surface area contributed by atoms with Crippen LogP contribution in [0.25, 0.3) is 11.2 Å². The highest BCUT2D eigenvalue weighted by Crippen LogP contribution is 2.31. The Labute approximate surface area is 109 Å². The molecule has 8 heteroatoms. The number of nitrogens with two attached hydrogens (primary N) is 1. The molecule has 0 saturated carbocycles. The molecule has 0 aromatic carbocycles. The van der Waals surface area contributed by atoms with Gasteiger partial charge in [0, 0.05) is 13.5 Å². The number of fused-ring (bicyclic) bond motifs is 1. The summed E-state index contributed by atoms with van der Waals surface area (Å²) in [5.74, 6) is 0.329. The molecule has 3 rings (SSSR count). The zero-order chi connectivity index (χ0) is 13.4. The van der Waals surface area contributed by atoms with Gasteiger partial charge in [-0.2, -0.15) is 0 Å². The van der Waals surface area contributed by atoms with Crippen molar-refractivity contribution in [3.05, 3.63) is 12.7 Å². The summed E-state index contributed by atoms with van der Waals surface area (Å²) in [7, 11) is 1.57. The number of aromatic nitrogens is 4. The molecule has 8 nitrogen and oxygen atoms in total. The van der Waals surface area contributed by atoms with Gasteiger partial charge in [-0.25, -0.2) is 15.0 Å².